The van der Waals surface area contributed by atoms with Crippen molar-refractivity contribution in [1.29, 1.82) is 0 Å². The molecule has 0 aromatic rings. The molecule has 1 aliphatic rings. The number of methoxy groups -OCH3 is 1. The zero-order valence-corrected chi connectivity index (χ0v) is 11.2. The van der Waals surface area contributed by atoms with Crippen molar-refractivity contribution < 1.29 is 4.74 Å². The molecule has 1 N–H and O–H groups in total. The predicted octanol–water partition coefficient (Wildman–Crippen LogP) is 0.247. The quantitative estimate of drug-likeness (QED) is 0.677. The van der Waals surface area contributed by atoms with Crippen LogP contribution in [0, 0.1) is 0 Å². The fraction of sp³-hybridized carbons (Fsp3) is 1.00. The minimum absolute atomic E-state index is 0.456. The highest BCUT2D eigenvalue weighted by Crippen LogP contribution is 2.11. The largest absolute Gasteiger partial charge is 0.383 e. The highest BCUT2D eigenvalue weighted by atomic mass is 16.5. The molecular formula is C12H27N3O. The van der Waals surface area contributed by atoms with E-state index in [2.05, 4.69) is 36.1 Å². The van der Waals surface area contributed by atoms with E-state index >= 15 is 0 Å². The summed E-state index contributed by atoms with van der Waals surface area (Å²) in [6.07, 6.45) is 1.31. The Morgan fingerprint density at radius 3 is 2.81 bits per heavy atom. The summed E-state index contributed by atoms with van der Waals surface area (Å²) in [6.45, 7) is 7.62. The maximum Gasteiger partial charge on any atom is 0.0613 e. The van der Waals surface area contributed by atoms with Gasteiger partial charge in [0.2, 0.25) is 0 Å². The van der Waals surface area contributed by atoms with Gasteiger partial charge in [-0.25, -0.2) is 0 Å². The van der Waals surface area contributed by atoms with Crippen LogP contribution >= 0.6 is 0 Å². The van der Waals surface area contributed by atoms with Crippen molar-refractivity contribution in [2.75, 3.05) is 54.0 Å². The van der Waals surface area contributed by atoms with Gasteiger partial charge in [0, 0.05) is 38.8 Å². The van der Waals surface area contributed by atoms with Crippen LogP contribution in [0.2, 0.25) is 0 Å². The molecule has 4 nitrogen and oxygen atoms in total. The molecule has 1 fully saturated rings. The standard InChI is InChI=1S/C12H27N3O/c1-11(10-16-4)13-6-8-15-7-5-12(9-15)14(2)3/h11-13H,5-10H2,1-4H3. The van der Waals surface area contributed by atoms with Gasteiger partial charge in [-0.1, -0.05) is 0 Å². The van der Waals surface area contributed by atoms with Crippen LogP contribution in [0.1, 0.15) is 13.3 Å². The van der Waals surface area contributed by atoms with Gasteiger partial charge in [0.25, 0.3) is 0 Å². The van der Waals surface area contributed by atoms with E-state index in [1.165, 1.54) is 19.5 Å². The third-order valence-electron chi connectivity index (χ3n) is 3.32. The molecule has 2 unspecified atom stereocenters. The van der Waals surface area contributed by atoms with Gasteiger partial charge in [-0.2, -0.15) is 0 Å². The average Bonchev–Trinajstić information content (AvgIpc) is 2.67. The number of nitrogens with zero attached hydrogens (tertiary/aromatic N) is 2. The smallest absolute Gasteiger partial charge is 0.0613 e. The van der Waals surface area contributed by atoms with Gasteiger partial charge < -0.3 is 19.9 Å². The van der Waals surface area contributed by atoms with Gasteiger partial charge in [0.15, 0.2) is 0 Å². The number of hydrogen-bond acceptors (Lipinski definition) is 4. The van der Waals surface area contributed by atoms with Crippen molar-refractivity contribution in [2.24, 2.45) is 0 Å². The molecule has 96 valence electrons. The van der Waals surface area contributed by atoms with Crippen LogP contribution in [0.4, 0.5) is 0 Å². The van der Waals surface area contributed by atoms with E-state index in [0.29, 0.717) is 6.04 Å². The molecule has 1 heterocycles. The topological polar surface area (TPSA) is 27.7 Å². The van der Waals surface area contributed by atoms with Crippen molar-refractivity contribution in [1.82, 2.24) is 15.1 Å². The van der Waals surface area contributed by atoms with E-state index in [1.54, 1.807) is 7.11 Å². The first-order valence-corrected chi connectivity index (χ1v) is 6.24. The Balaban J connectivity index is 2.06. The Kier molecular flexibility index (Phi) is 6.28. The molecule has 0 amide bonds. The minimum atomic E-state index is 0.456. The van der Waals surface area contributed by atoms with Gasteiger partial charge in [0.05, 0.1) is 6.61 Å². The molecule has 1 aliphatic heterocycles. The normalized spacial score (nSPS) is 24.2. The van der Waals surface area contributed by atoms with Crippen LogP contribution in [-0.4, -0.2) is 75.9 Å². The monoisotopic (exact) mass is 229 g/mol. The summed E-state index contributed by atoms with van der Waals surface area (Å²) in [5.41, 5.74) is 0. The molecule has 1 saturated heterocycles. The van der Waals surface area contributed by atoms with Crippen molar-refractivity contribution in [3.63, 3.8) is 0 Å². The Bertz CT molecular complexity index is 187. The van der Waals surface area contributed by atoms with Crippen molar-refractivity contribution in [3.8, 4) is 0 Å². The third-order valence-corrected chi connectivity index (χ3v) is 3.32. The third kappa shape index (κ3) is 4.78. The summed E-state index contributed by atoms with van der Waals surface area (Å²) >= 11 is 0. The number of ether oxygens (including phenoxy) is 1. The van der Waals surface area contributed by atoms with Gasteiger partial charge in [0.1, 0.15) is 0 Å². The van der Waals surface area contributed by atoms with Gasteiger partial charge in [-0.05, 0) is 34.0 Å². The zero-order valence-electron chi connectivity index (χ0n) is 11.2. The first kappa shape index (κ1) is 13.9. The average molecular weight is 229 g/mol. The SMILES string of the molecule is COCC(C)NCCN1CCC(N(C)C)C1. The van der Waals surface area contributed by atoms with Crippen LogP contribution in [0.15, 0.2) is 0 Å². The Morgan fingerprint density at radius 1 is 1.50 bits per heavy atom. The van der Waals surface area contributed by atoms with E-state index in [9.17, 15) is 0 Å². The summed E-state index contributed by atoms with van der Waals surface area (Å²) in [4.78, 5) is 4.87. The molecule has 0 aromatic carbocycles. The van der Waals surface area contributed by atoms with E-state index in [4.69, 9.17) is 4.74 Å². The Labute approximate surface area is 99.9 Å². The molecule has 0 radical (unpaired) electrons. The zero-order chi connectivity index (χ0) is 12.0. The highest BCUT2D eigenvalue weighted by molar-refractivity contribution is 4.81. The molecule has 16 heavy (non-hydrogen) atoms. The second kappa shape index (κ2) is 7.22. The van der Waals surface area contributed by atoms with Crippen LogP contribution in [0.3, 0.4) is 0 Å². The molecule has 1 rings (SSSR count). The Hall–Kier alpha value is -0.160. The second-order valence-electron chi connectivity index (χ2n) is 5.02. The first-order valence-electron chi connectivity index (χ1n) is 6.24. The molecule has 0 aliphatic carbocycles. The second-order valence-corrected chi connectivity index (χ2v) is 5.02. The fourth-order valence-electron chi connectivity index (χ4n) is 2.21. The molecule has 0 spiro atoms. The first-order chi connectivity index (χ1) is 7.63. The lowest BCUT2D eigenvalue weighted by Gasteiger charge is -2.21. The highest BCUT2D eigenvalue weighted by Gasteiger charge is 2.23. The number of hydrogen-bond donors (Lipinski definition) is 1. The van der Waals surface area contributed by atoms with Crippen LogP contribution in [-0.2, 0) is 4.74 Å². The molecule has 2 atom stereocenters. The molecule has 0 bridgehead atoms. The van der Waals surface area contributed by atoms with Crippen molar-refractivity contribution in [3.05, 3.63) is 0 Å². The van der Waals surface area contributed by atoms with Gasteiger partial charge in [-0.15, -0.1) is 0 Å². The number of likely N-dealkylation sites (tertiary alicyclic amines) is 1. The number of nitrogens with one attached hydrogen (secondary N) is 1. The van der Waals surface area contributed by atoms with E-state index in [1.807, 2.05) is 0 Å². The van der Waals surface area contributed by atoms with E-state index in [0.717, 1.165) is 25.7 Å². The summed E-state index contributed by atoms with van der Waals surface area (Å²) in [5.74, 6) is 0. The fourth-order valence-corrected chi connectivity index (χ4v) is 2.21. The van der Waals surface area contributed by atoms with E-state index in [-0.39, 0.29) is 0 Å². The molecule has 4 heteroatoms. The number of likely N-dealkylation sites (N-methyl/N-ethyl adjacent to an activating group) is 1. The lowest BCUT2D eigenvalue weighted by molar-refractivity contribution is 0.170. The maximum atomic E-state index is 5.09. The Morgan fingerprint density at radius 2 is 2.25 bits per heavy atom. The lowest BCUT2D eigenvalue weighted by atomic mass is 10.2. The maximum absolute atomic E-state index is 5.09. The number of rotatable bonds is 7. The van der Waals surface area contributed by atoms with Gasteiger partial charge >= 0.3 is 0 Å². The van der Waals surface area contributed by atoms with Crippen molar-refractivity contribution in [2.45, 2.75) is 25.4 Å². The van der Waals surface area contributed by atoms with Crippen LogP contribution < -0.4 is 5.32 Å². The molecule has 0 aromatic heterocycles. The minimum Gasteiger partial charge on any atom is -0.383 e. The summed E-state index contributed by atoms with van der Waals surface area (Å²) in [7, 11) is 6.10. The van der Waals surface area contributed by atoms with Crippen molar-refractivity contribution >= 4 is 0 Å². The predicted molar refractivity (Wildman–Crippen MR) is 67.9 cm³/mol. The van der Waals surface area contributed by atoms with Gasteiger partial charge in [-0.3, -0.25) is 0 Å². The summed E-state index contributed by atoms with van der Waals surface area (Å²) in [5, 5.41) is 3.47. The lowest BCUT2D eigenvalue weighted by Crippen LogP contribution is -2.38. The van der Waals surface area contributed by atoms with E-state index < -0.39 is 0 Å². The summed E-state index contributed by atoms with van der Waals surface area (Å²) in [6, 6.07) is 1.20. The molecular weight excluding hydrogens is 202 g/mol. The summed E-state index contributed by atoms with van der Waals surface area (Å²) < 4.78 is 5.09. The van der Waals surface area contributed by atoms with Crippen LogP contribution in [0.25, 0.3) is 0 Å². The van der Waals surface area contributed by atoms with Crippen LogP contribution in [0.5, 0.6) is 0 Å². The molecule has 0 saturated carbocycles.